The van der Waals surface area contributed by atoms with Gasteiger partial charge in [-0.05, 0) is 54.6 Å². The molecule has 0 atom stereocenters. The third-order valence-electron chi connectivity index (χ3n) is 7.36. The summed E-state index contributed by atoms with van der Waals surface area (Å²) < 4.78 is 139. The lowest BCUT2D eigenvalue weighted by atomic mass is 10.1. The summed E-state index contributed by atoms with van der Waals surface area (Å²) in [5.41, 5.74) is 7.88. The van der Waals surface area contributed by atoms with Crippen LogP contribution in [0.2, 0.25) is 0 Å². The number of nitrogen functional groups attached to an aromatic ring is 2. The van der Waals surface area contributed by atoms with E-state index < -0.39 is 100.0 Å². The molecule has 23 nitrogen and oxygen atoms in total. The molecular formula is C29H24N8O15S4. The Kier molecular flexibility index (Phi) is 10.8. The largest absolute Gasteiger partial charge is 0.504 e. The monoisotopic (exact) mass is 852 g/mol. The maximum atomic E-state index is 12.4. The summed E-state index contributed by atoms with van der Waals surface area (Å²) in [6.07, 6.45) is 0. The quantitative estimate of drug-likeness (QED) is 0.0344. The van der Waals surface area contributed by atoms with E-state index in [4.69, 9.17) is 16.2 Å². The van der Waals surface area contributed by atoms with Gasteiger partial charge < -0.3 is 26.4 Å². The van der Waals surface area contributed by atoms with E-state index in [1.165, 1.54) is 18.2 Å². The van der Waals surface area contributed by atoms with Crippen molar-refractivity contribution in [3.8, 4) is 17.2 Å². The molecule has 0 unspecified atom stereocenters. The van der Waals surface area contributed by atoms with E-state index in [9.17, 15) is 62.1 Å². The van der Waals surface area contributed by atoms with Crippen molar-refractivity contribution in [1.29, 1.82) is 0 Å². The van der Waals surface area contributed by atoms with Crippen LogP contribution in [0.1, 0.15) is 0 Å². The number of hydrogen-bond donors (Lipinski definition) is 8. The number of anilines is 2. The molecule has 27 heteroatoms. The normalized spacial score (nSPS) is 13.0. The highest BCUT2D eigenvalue weighted by atomic mass is 32.2. The molecule has 5 aromatic rings. The average molecular weight is 853 g/mol. The van der Waals surface area contributed by atoms with Gasteiger partial charge in [-0.1, -0.05) is 6.07 Å². The second-order valence-corrected chi connectivity index (χ2v) is 16.7. The van der Waals surface area contributed by atoms with Crippen molar-refractivity contribution >= 4 is 96.7 Å². The molecule has 294 valence electrons. The Labute approximate surface area is 315 Å². The fraction of sp³-hybridized carbons (Fsp3) is 0.0345. The van der Waals surface area contributed by atoms with Crippen molar-refractivity contribution in [2.24, 2.45) is 30.7 Å². The maximum absolute atomic E-state index is 12.4. The summed E-state index contributed by atoms with van der Waals surface area (Å²) in [6, 6.07) is 10.2. The Bertz CT molecular complexity index is 3010. The number of benzene rings is 5. The standard InChI is InChI=1S/C29H24N8O15S4/c1-52-26-11-23(35-37-25-10-15(55(46,47)48)8-19(31)29(25)39)27(56(49,50)51)12-22(26)34-33-21-5-4-20(16-3-2-13(6-17(16)21)53(40,41)42)32-36-24-9-14(54(43,44)45)7-18(30)28(24)38/h2-12,38-39H,30-31H2,1H3,(H,40,41,42)(H,43,44,45)(H,46,47,48)(H,49,50,51). The van der Waals surface area contributed by atoms with Crippen molar-refractivity contribution in [2.45, 2.75) is 19.6 Å². The summed E-state index contributed by atoms with van der Waals surface area (Å²) in [6.45, 7) is 0. The first-order valence-electron chi connectivity index (χ1n) is 14.6. The Hall–Kier alpha value is -6.20. The van der Waals surface area contributed by atoms with Crippen molar-refractivity contribution in [3.63, 3.8) is 0 Å². The summed E-state index contributed by atoms with van der Waals surface area (Å²) in [4.78, 5) is -3.06. The first-order chi connectivity index (χ1) is 25.9. The average Bonchev–Trinajstić information content (AvgIpc) is 3.09. The number of phenolic OH excluding ortho intramolecular Hbond substituents is 2. The molecule has 0 amide bonds. The Morgan fingerprint density at radius 2 is 0.893 bits per heavy atom. The molecule has 0 heterocycles. The van der Waals surface area contributed by atoms with Gasteiger partial charge in [0, 0.05) is 16.8 Å². The number of nitrogens with two attached hydrogens (primary N) is 2. The number of methoxy groups -OCH3 is 1. The van der Waals surface area contributed by atoms with Crippen molar-refractivity contribution in [2.75, 3.05) is 18.6 Å². The number of fused-ring (bicyclic) bond motifs is 1. The van der Waals surface area contributed by atoms with Crippen LogP contribution in [0.4, 0.5) is 45.5 Å². The number of hydrogen-bond acceptors (Lipinski definition) is 19. The zero-order chi connectivity index (χ0) is 41.5. The third-order valence-corrected chi connectivity index (χ3v) is 10.8. The van der Waals surface area contributed by atoms with Gasteiger partial charge in [-0.15, -0.1) is 30.7 Å². The number of rotatable bonds is 11. The SMILES string of the molecule is COc1cc(N=Nc2cc(S(=O)(=O)O)cc(N)c2O)c(S(=O)(=O)O)cc1N=Nc1ccc(N=Nc2cc(S(=O)(=O)O)cc(N)c2O)c2ccc(S(=O)(=O)O)cc12. The van der Waals surface area contributed by atoms with E-state index >= 15 is 0 Å². The van der Waals surface area contributed by atoms with Crippen molar-refractivity contribution in [3.05, 3.63) is 66.7 Å². The minimum atomic E-state index is -5.15. The topological polar surface area (TPSA) is 393 Å². The minimum absolute atomic E-state index is 0.0491. The van der Waals surface area contributed by atoms with Crippen LogP contribution in [0.25, 0.3) is 10.8 Å². The molecule has 0 spiro atoms. The van der Waals surface area contributed by atoms with Crippen LogP contribution >= 0.6 is 0 Å². The predicted octanol–water partition coefficient (Wildman–Crippen LogP) is 5.66. The Morgan fingerprint density at radius 3 is 1.34 bits per heavy atom. The Balaban J connectivity index is 1.63. The van der Waals surface area contributed by atoms with E-state index in [0.29, 0.717) is 6.07 Å². The molecule has 0 aliphatic rings. The molecule has 0 aromatic heterocycles. The number of aromatic hydroxyl groups is 2. The highest BCUT2D eigenvalue weighted by Gasteiger charge is 2.22. The van der Waals surface area contributed by atoms with Crippen LogP contribution in [0.15, 0.2) is 117 Å². The van der Waals surface area contributed by atoms with Crippen LogP contribution in [-0.2, 0) is 40.5 Å². The van der Waals surface area contributed by atoms with Crippen LogP contribution in [0, 0.1) is 0 Å². The number of azo groups is 3. The molecule has 5 rings (SSSR count). The van der Waals surface area contributed by atoms with Crippen LogP contribution < -0.4 is 16.2 Å². The number of phenols is 2. The lowest BCUT2D eigenvalue weighted by molar-refractivity contribution is 0.415. The second kappa shape index (κ2) is 14.8. The zero-order valence-electron chi connectivity index (χ0n) is 27.7. The molecule has 0 radical (unpaired) electrons. The van der Waals surface area contributed by atoms with Crippen LogP contribution in [0.5, 0.6) is 17.2 Å². The van der Waals surface area contributed by atoms with Gasteiger partial charge in [-0.25, -0.2) is 0 Å². The molecule has 0 saturated heterocycles. The fourth-order valence-electron chi connectivity index (χ4n) is 4.70. The smallest absolute Gasteiger partial charge is 0.296 e. The highest BCUT2D eigenvalue weighted by molar-refractivity contribution is 7.86. The molecule has 0 bridgehead atoms. The first kappa shape index (κ1) is 41.0. The van der Waals surface area contributed by atoms with Crippen LogP contribution in [0.3, 0.4) is 0 Å². The molecule has 0 fully saturated rings. The maximum Gasteiger partial charge on any atom is 0.296 e. The molecule has 10 N–H and O–H groups in total. The zero-order valence-corrected chi connectivity index (χ0v) is 30.9. The molecule has 56 heavy (non-hydrogen) atoms. The summed E-state index contributed by atoms with van der Waals surface area (Å²) >= 11 is 0. The molecule has 0 aliphatic carbocycles. The first-order valence-corrected chi connectivity index (χ1v) is 20.3. The second-order valence-electron chi connectivity index (χ2n) is 11.1. The molecule has 0 aliphatic heterocycles. The van der Waals surface area contributed by atoms with Gasteiger partial charge in [0.05, 0.1) is 44.5 Å². The lowest BCUT2D eigenvalue weighted by Gasteiger charge is -2.10. The number of nitrogens with zero attached hydrogens (tertiary/aromatic N) is 6. The van der Waals surface area contributed by atoms with Gasteiger partial charge in [0.1, 0.15) is 33.4 Å². The number of ether oxygens (including phenoxy) is 1. The van der Waals surface area contributed by atoms with Gasteiger partial charge >= 0.3 is 0 Å². The Morgan fingerprint density at radius 1 is 0.464 bits per heavy atom. The van der Waals surface area contributed by atoms with E-state index in [1.54, 1.807) is 0 Å². The molecule has 5 aromatic carbocycles. The van der Waals surface area contributed by atoms with Gasteiger partial charge in [0.2, 0.25) is 0 Å². The van der Waals surface area contributed by atoms with Gasteiger partial charge in [-0.2, -0.15) is 33.7 Å². The van der Waals surface area contributed by atoms with E-state index in [-0.39, 0.29) is 33.6 Å². The third kappa shape index (κ3) is 8.84. The molecular weight excluding hydrogens is 829 g/mol. The van der Waals surface area contributed by atoms with Gasteiger partial charge in [0.15, 0.2) is 11.5 Å². The highest BCUT2D eigenvalue weighted by Crippen LogP contribution is 2.43. The van der Waals surface area contributed by atoms with Gasteiger partial charge in [-0.3, -0.25) is 18.2 Å². The lowest BCUT2D eigenvalue weighted by Crippen LogP contribution is -2.00. The summed E-state index contributed by atoms with van der Waals surface area (Å²) in [5, 5.41) is 43.6. The minimum Gasteiger partial charge on any atom is -0.504 e. The van der Waals surface area contributed by atoms with Crippen molar-refractivity contribution in [1.82, 2.24) is 0 Å². The van der Waals surface area contributed by atoms with E-state index in [0.717, 1.165) is 49.6 Å². The van der Waals surface area contributed by atoms with E-state index in [1.807, 2.05) is 0 Å². The van der Waals surface area contributed by atoms with Crippen LogP contribution in [-0.4, -0.2) is 69.2 Å². The van der Waals surface area contributed by atoms with E-state index in [2.05, 4.69) is 30.7 Å². The summed E-state index contributed by atoms with van der Waals surface area (Å²) in [7, 11) is -18.5. The predicted molar refractivity (Wildman–Crippen MR) is 194 cm³/mol. The fourth-order valence-corrected chi connectivity index (χ4v) is 6.90. The summed E-state index contributed by atoms with van der Waals surface area (Å²) in [5.74, 6) is -1.74. The van der Waals surface area contributed by atoms with Crippen molar-refractivity contribution < 1.29 is 66.8 Å². The van der Waals surface area contributed by atoms with Gasteiger partial charge in [0.25, 0.3) is 40.5 Å². The molecule has 0 saturated carbocycles.